The molecule has 3 aromatic heterocycles. The minimum atomic E-state index is -0.174. The van der Waals surface area contributed by atoms with Gasteiger partial charge in [-0.3, -0.25) is 0 Å². The Hall–Kier alpha value is -10.2. The van der Waals surface area contributed by atoms with Gasteiger partial charge >= 0.3 is 0 Å². The molecule has 2 aliphatic rings. The molecular weight excluding hydrogens is 1150 g/mol. The van der Waals surface area contributed by atoms with Crippen LogP contribution >= 0.6 is 22.7 Å². The smallest absolute Gasteiger partial charge is 0.252 e. The van der Waals surface area contributed by atoms with E-state index in [9.17, 15) is 0 Å². The number of fused-ring (bicyclic) bond motifs is 13. The predicted molar refractivity (Wildman–Crippen MR) is 400 cm³/mol. The van der Waals surface area contributed by atoms with Crippen LogP contribution in [-0.2, 0) is 10.8 Å². The molecule has 5 heterocycles. The average molecular weight is 1210 g/mol. The molecule has 0 saturated heterocycles. The van der Waals surface area contributed by atoms with Crippen molar-refractivity contribution >= 4 is 142 Å². The number of hydrogen-bond acceptors (Lipinski definition) is 4. The molecule has 0 saturated carbocycles. The second-order valence-corrected chi connectivity index (χ2v) is 29.4. The first-order valence-electron chi connectivity index (χ1n) is 32.2. The molecule has 6 heteroatoms. The minimum absolute atomic E-state index is 0.0544. The highest BCUT2D eigenvalue weighted by atomic mass is 32.1. The summed E-state index contributed by atoms with van der Waals surface area (Å²) >= 11 is 3.77. The molecule has 3 nitrogen and oxygen atoms in total. The lowest BCUT2D eigenvalue weighted by atomic mass is 9.33. The van der Waals surface area contributed by atoms with Gasteiger partial charge in [0.25, 0.3) is 6.71 Å². The number of nitrogens with zero attached hydrogens (tertiary/aromatic N) is 3. The molecule has 0 spiro atoms. The Morgan fingerprint density at radius 2 is 0.663 bits per heavy atom. The lowest BCUT2D eigenvalue weighted by molar-refractivity contribution is 0.590. The van der Waals surface area contributed by atoms with E-state index in [1.165, 1.54) is 146 Å². The summed E-state index contributed by atoms with van der Waals surface area (Å²) in [6.07, 6.45) is 0. The normalized spacial score (nSPS) is 13.0. The van der Waals surface area contributed by atoms with Crippen LogP contribution in [0.1, 0.15) is 52.7 Å². The lowest BCUT2D eigenvalue weighted by Gasteiger charge is -2.45. The summed E-state index contributed by atoms with van der Waals surface area (Å²) in [5.74, 6) is 0. The molecule has 0 fully saturated rings. The zero-order valence-electron chi connectivity index (χ0n) is 52.3. The Kier molecular flexibility index (Phi) is 12.3. The summed E-state index contributed by atoms with van der Waals surface area (Å²) in [5, 5.41) is 7.56. The van der Waals surface area contributed by atoms with Gasteiger partial charge in [-0.25, -0.2) is 0 Å². The van der Waals surface area contributed by atoms with Crippen molar-refractivity contribution in [1.82, 2.24) is 4.57 Å². The van der Waals surface area contributed by atoms with E-state index in [4.69, 9.17) is 0 Å². The summed E-state index contributed by atoms with van der Waals surface area (Å²) in [7, 11) is 0. The maximum absolute atomic E-state index is 2.67. The monoisotopic (exact) mass is 1210 g/mol. The van der Waals surface area contributed by atoms with Crippen molar-refractivity contribution < 1.29 is 0 Å². The van der Waals surface area contributed by atoms with Crippen LogP contribution < -0.4 is 26.2 Å². The van der Waals surface area contributed by atoms with Crippen LogP contribution in [0, 0.1) is 0 Å². The van der Waals surface area contributed by atoms with E-state index in [0.717, 1.165) is 28.4 Å². The van der Waals surface area contributed by atoms with Gasteiger partial charge in [0.05, 0.1) is 28.1 Å². The topological polar surface area (TPSA) is 11.4 Å². The standard InChI is InChI=1S/C86H64BN3S2/c1-85(2,3)61-37-41-70-64(49-61)65-50-62(86(4,5)6)38-42-71(65)88(70)63-51-76-84-77(52-63)90(75-30-20-32-81-83(75)67-46-58(36-44-79(67)92-81)54-23-13-8-14-24-54)73-40-34-60(56-27-17-10-18-28-56)48-69(73)87(84)68-47-59(55-25-15-9-16-26-55)33-39-72(68)89(76)74-29-19-31-80-82(74)66-45-57(35-43-78(66)91-80)53-21-11-7-12-22-53/h7-52H,1-6H3. The molecule has 0 radical (unpaired) electrons. The average Bonchev–Trinajstić information content (AvgIpc) is 0.846. The van der Waals surface area contributed by atoms with Gasteiger partial charge in [0.15, 0.2) is 0 Å². The summed E-state index contributed by atoms with van der Waals surface area (Å²) in [6.45, 7) is 13.8. The zero-order chi connectivity index (χ0) is 61.7. The molecule has 438 valence electrons. The number of aromatic nitrogens is 1. The van der Waals surface area contributed by atoms with Gasteiger partial charge in [0.1, 0.15) is 0 Å². The number of rotatable bonds is 7. The van der Waals surface area contributed by atoms with Crippen LogP contribution in [0.25, 0.3) is 112 Å². The number of benzene rings is 13. The molecule has 2 aliphatic heterocycles. The van der Waals surface area contributed by atoms with Gasteiger partial charge in [-0.05, 0) is 180 Å². The lowest BCUT2D eigenvalue weighted by Crippen LogP contribution is -2.61. The van der Waals surface area contributed by atoms with Crippen LogP contribution in [-0.4, -0.2) is 11.3 Å². The molecule has 92 heavy (non-hydrogen) atoms. The van der Waals surface area contributed by atoms with E-state index >= 15 is 0 Å². The van der Waals surface area contributed by atoms with Crippen molar-refractivity contribution in [3.63, 3.8) is 0 Å². The number of anilines is 6. The Morgan fingerprint density at radius 3 is 1.05 bits per heavy atom. The molecule has 16 aromatic rings. The minimum Gasteiger partial charge on any atom is -0.311 e. The van der Waals surface area contributed by atoms with Crippen LogP contribution in [0.2, 0.25) is 0 Å². The SMILES string of the molecule is CC(C)(C)c1ccc2c(c1)c1cc(C(C)(C)C)ccc1n2-c1cc2c3c(c1)N(c1cccc4sc5ccc(-c6ccccc6)cc5c14)c1ccc(-c4ccccc4)cc1B3c1cc(-c3ccccc3)ccc1N2c1cccc2sc3ccc(-c4ccccc4)cc3c12. The quantitative estimate of drug-likeness (QED) is 0.147. The van der Waals surface area contributed by atoms with Crippen LogP contribution in [0.15, 0.2) is 279 Å². The predicted octanol–water partition coefficient (Wildman–Crippen LogP) is 22.9. The third-order valence-electron chi connectivity index (χ3n) is 19.7. The second kappa shape index (κ2) is 20.6. The van der Waals surface area contributed by atoms with E-state index in [1.807, 2.05) is 22.7 Å². The van der Waals surface area contributed by atoms with Crippen molar-refractivity contribution in [2.75, 3.05) is 9.80 Å². The van der Waals surface area contributed by atoms with Crippen molar-refractivity contribution in [2.24, 2.45) is 0 Å². The molecule has 0 N–H and O–H groups in total. The highest BCUT2D eigenvalue weighted by molar-refractivity contribution is 7.26. The molecule has 0 aliphatic carbocycles. The third kappa shape index (κ3) is 8.61. The summed E-state index contributed by atoms with van der Waals surface area (Å²) < 4.78 is 7.65. The maximum Gasteiger partial charge on any atom is 0.252 e. The second-order valence-electron chi connectivity index (χ2n) is 27.2. The zero-order valence-corrected chi connectivity index (χ0v) is 53.9. The highest BCUT2D eigenvalue weighted by Gasteiger charge is 2.45. The molecule has 0 unspecified atom stereocenters. The molecule has 0 amide bonds. The molecular formula is C86H64BN3S2. The van der Waals surface area contributed by atoms with Crippen molar-refractivity contribution in [1.29, 1.82) is 0 Å². The van der Waals surface area contributed by atoms with Gasteiger partial charge in [0, 0.05) is 73.9 Å². The van der Waals surface area contributed by atoms with Gasteiger partial charge in [-0.1, -0.05) is 224 Å². The van der Waals surface area contributed by atoms with E-state index in [-0.39, 0.29) is 17.5 Å². The van der Waals surface area contributed by atoms with Crippen molar-refractivity contribution in [3.05, 3.63) is 290 Å². The van der Waals surface area contributed by atoms with Crippen LogP contribution in [0.3, 0.4) is 0 Å². The maximum atomic E-state index is 2.67. The number of hydrogen-bond donors (Lipinski definition) is 0. The summed E-state index contributed by atoms with van der Waals surface area (Å²) in [5.41, 5.74) is 26.4. The molecule has 0 bridgehead atoms. The van der Waals surface area contributed by atoms with Gasteiger partial charge in [0.2, 0.25) is 0 Å². The fourth-order valence-corrected chi connectivity index (χ4v) is 17.3. The van der Waals surface area contributed by atoms with Crippen molar-refractivity contribution in [2.45, 2.75) is 52.4 Å². The Labute approximate surface area is 545 Å². The van der Waals surface area contributed by atoms with E-state index < -0.39 is 0 Å². The third-order valence-corrected chi connectivity index (χ3v) is 21.9. The molecule has 18 rings (SSSR count). The first-order chi connectivity index (χ1) is 44.9. The Balaban J connectivity index is 1.01. The Bertz CT molecular complexity index is 5330. The van der Waals surface area contributed by atoms with E-state index in [1.54, 1.807) is 0 Å². The largest absolute Gasteiger partial charge is 0.311 e. The first-order valence-corrected chi connectivity index (χ1v) is 33.8. The highest BCUT2D eigenvalue weighted by Crippen LogP contribution is 2.53. The van der Waals surface area contributed by atoms with Gasteiger partial charge < -0.3 is 14.4 Å². The van der Waals surface area contributed by atoms with E-state index in [0.29, 0.717) is 0 Å². The van der Waals surface area contributed by atoms with Gasteiger partial charge in [-0.15, -0.1) is 22.7 Å². The summed E-state index contributed by atoms with van der Waals surface area (Å²) in [6, 6.07) is 106. The summed E-state index contributed by atoms with van der Waals surface area (Å²) in [4.78, 5) is 5.35. The van der Waals surface area contributed by atoms with Crippen molar-refractivity contribution in [3.8, 4) is 50.2 Å². The van der Waals surface area contributed by atoms with E-state index in [2.05, 4.69) is 335 Å². The fourth-order valence-electron chi connectivity index (χ4n) is 15.1. The molecule has 0 atom stereocenters. The fraction of sp³-hybridized carbons (Fsp3) is 0.0930. The first kappa shape index (κ1) is 54.7. The van der Waals surface area contributed by atoms with Gasteiger partial charge in [-0.2, -0.15) is 0 Å². The molecule has 13 aromatic carbocycles. The van der Waals surface area contributed by atoms with Crippen LogP contribution in [0.5, 0.6) is 0 Å². The van der Waals surface area contributed by atoms with Crippen LogP contribution in [0.4, 0.5) is 34.1 Å². The number of thiophene rings is 2. The Morgan fingerprint density at radius 1 is 0.283 bits per heavy atom.